The molecule has 1 heterocycles. The van der Waals surface area contributed by atoms with Gasteiger partial charge in [0.1, 0.15) is 12.7 Å². The molecule has 0 N–H and O–H groups in total. The summed E-state index contributed by atoms with van der Waals surface area (Å²) < 4.78 is 1.92. The Bertz CT molecular complexity index is 1050. The minimum atomic E-state index is 0.219. The zero-order valence-corrected chi connectivity index (χ0v) is 19.7. The molecule has 0 unspecified atom stereocenters. The standard InChI is InChI=1S/C28H35N3/c1-21-8-10-22(11-9-21)12-13-24-18-26-25(27(2,3)14-15-28(26,4)5)17-23(24)7-6-16-31-20-29-19-30-31/h8-13,17-20H,6-7,14-16H2,1-5H3/b13-12+. The average molecular weight is 414 g/mol. The number of aromatic nitrogens is 3. The predicted molar refractivity (Wildman–Crippen MR) is 130 cm³/mol. The maximum Gasteiger partial charge on any atom is 0.137 e. The molecule has 31 heavy (non-hydrogen) atoms. The minimum absolute atomic E-state index is 0.219. The number of rotatable bonds is 6. The predicted octanol–water partition coefficient (Wildman–Crippen LogP) is 6.74. The van der Waals surface area contributed by atoms with E-state index in [1.54, 1.807) is 12.7 Å². The minimum Gasteiger partial charge on any atom is -0.253 e. The highest BCUT2D eigenvalue weighted by Gasteiger charge is 2.37. The van der Waals surface area contributed by atoms with Gasteiger partial charge in [0.15, 0.2) is 0 Å². The van der Waals surface area contributed by atoms with Crippen LogP contribution in [0.1, 0.15) is 80.3 Å². The molecule has 1 aliphatic carbocycles. The Morgan fingerprint density at radius 1 is 0.935 bits per heavy atom. The molecule has 0 saturated carbocycles. The van der Waals surface area contributed by atoms with Crippen LogP contribution in [0.3, 0.4) is 0 Å². The highest BCUT2D eigenvalue weighted by atomic mass is 15.3. The summed E-state index contributed by atoms with van der Waals surface area (Å²) in [5, 5.41) is 4.26. The zero-order chi connectivity index (χ0) is 22.1. The van der Waals surface area contributed by atoms with Gasteiger partial charge in [0.25, 0.3) is 0 Å². The first-order chi connectivity index (χ1) is 14.7. The Morgan fingerprint density at radius 2 is 1.61 bits per heavy atom. The summed E-state index contributed by atoms with van der Waals surface area (Å²) >= 11 is 0. The van der Waals surface area contributed by atoms with Crippen LogP contribution in [0.4, 0.5) is 0 Å². The fourth-order valence-corrected chi connectivity index (χ4v) is 4.69. The van der Waals surface area contributed by atoms with Crippen LogP contribution < -0.4 is 0 Å². The largest absolute Gasteiger partial charge is 0.253 e. The fourth-order valence-electron chi connectivity index (χ4n) is 4.69. The van der Waals surface area contributed by atoms with Crippen molar-refractivity contribution in [2.75, 3.05) is 0 Å². The molecular weight excluding hydrogens is 378 g/mol. The van der Waals surface area contributed by atoms with E-state index in [1.165, 1.54) is 46.2 Å². The summed E-state index contributed by atoms with van der Waals surface area (Å²) in [4.78, 5) is 4.07. The number of fused-ring (bicyclic) bond motifs is 1. The topological polar surface area (TPSA) is 30.7 Å². The van der Waals surface area contributed by atoms with Gasteiger partial charge in [-0.3, -0.25) is 4.68 Å². The molecule has 3 aromatic rings. The van der Waals surface area contributed by atoms with Gasteiger partial charge in [-0.05, 0) is 71.3 Å². The number of aryl methyl sites for hydroxylation is 3. The van der Waals surface area contributed by atoms with Crippen molar-refractivity contribution in [1.82, 2.24) is 14.8 Å². The van der Waals surface area contributed by atoms with Crippen LogP contribution in [0.15, 0.2) is 49.1 Å². The van der Waals surface area contributed by atoms with E-state index in [0.29, 0.717) is 0 Å². The Morgan fingerprint density at radius 3 is 2.26 bits per heavy atom. The smallest absolute Gasteiger partial charge is 0.137 e. The normalized spacial score (nSPS) is 17.1. The van der Waals surface area contributed by atoms with E-state index in [0.717, 1.165) is 19.4 Å². The van der Waals surface area contributed by atoms with E-state index in [-0.39, 0.29) is 10.8 Å². The third-order valence-electron chi connectivity index (χ3n) is 6.95. The second kappa shape index (κ2) is 8.45. The molecule has 0 radical (unpaired) electrons. The zero-order valence-electron chi connectivity index (χ0n) is 19.7. The third-order valence-corrected chi connectivity index (χ3v) is 6.95. The van der Waals surface area contributed by atoms with Gasteiger partial charge in [0, 0.05) is 6.54 Å². The van der Waals surface area contributed by atoms with E-state index in [4.69, 9.17) is 0 Å². The molecule has 0 fully saturated rings. The maximum atomic E-state index is 4.26. The lowest BCUT2D eigenvalue weighted by atomic mass is 9.62. The molecule has 3 nitrogen and oxygen atoms in total. The van der Waals surface area contributed by atoms with Gasteiger partial charge in [-0.2, -0.15) is 5.10 Å². The molecule has 0 amide bonds. The van der Waals surface area contributed by atoms with Crippen LogP contribution >= 0.6 is 0 Å². The fraction of sp³-hybridized carbons (Fsp3) is 0.429. The molecule has 0 spiro atoms. The summed E-state index contributed by atoms with van der Waals surface area (Å²) in [6.45, 7) is 12.6. The second-order valence-electron chi connectivity index (χ2n) is 10.4. The maximum absolute atomic E-state index is 4.26. The number of hydrogen-bond acceptors (Lipinski definition) is 2. The van der Waals surface area contributed by atoms with E-state index < -0.39 is 0 Å². The molecule has 1 aromatic heterocycles. The Hall–Kier alpha value is -2.68. The first-order valence-electron chi connectivity index (χ1n) is 11.5. The van der Waals surface area contributed by atoms with Crippen molar-refractivity contribution in [2.45, 2.75) is 77.7 Å². The summed E-state index contributed by atoms with van der Waals surface area (Å²) in [5.41, 5.74) is 8.83. The second-order valence-corrected chi connectivity index (χ2v) is 10.4. The van der Waals surface area contributed by atoms with Crippen LogP contribution in [-0.2, 0) is 23.8 Å². The van der Waals surface area contributed by atoms with Crippen LogP contribution in [0, 0.1) is 6.92 Å². The van der Waals surface area contributed by atoms with E-state index in [1.807, 2.05) is 4.68 Å². The summed E-state index contributed by atoms with van der Waals surface area (Å²) in [7, 11) is 0. The van der Waals surface area contributed by atoms with Crippen molar-refractivity contribution in [1.29, 1.82) is 0 Å². The Kier molecular flexibility index (Phi) is 5.88. The monoisotopic (exact) mass is 413 g/mol. The van der Waals surface area contributed by atoms with Crippen molar-refractivity contribution < 1.29 is 0 Å². The van der Waals surface area contributed by atoms with Crippen molar-refractivity contribution in [3.8, 4) is 0 Å². The van der Waals surface area contributed by atoms with Crippen LogP contribution in [0.2, 0.25) is 0 Å². The number of nitrogens with zero attached hydrogens (tertiary/aromatic N) is 3. The highest BCUT2D eigenvalue weighted by Crippen LogP contribution is 2.46. The molecule has 2 aromatic carbocycles. The van der Waals surface area contributed by atoms with E-state index in [9.17, 15) is 0 Å². The molecule has 0 aliphatic heterocycles. The first kappa shape index (κ1) is 21.5. The lowest BCUT2D eigenvalue weighted by Crippen LogP contribution is -2.34. The average Bonchev–Trinajstić information content (AvgIpc) is 3.25. The molecule has 0 saturated heterocycles. The van der Waals surface area contributed by atoms with Gasteiger partial charge >= 0.3 is 0 Å². The lowest BCUT2D eigenvalue weighted by Gasteiger charge is -2.42. The van der Waals surface area contributed by atoms with Gasteiger partial charge < -0.3 is 0 Å². The van der Waals surface area contributed by atoms with Gasteiger partial charge in [-0.15, -0.1) is 0 Å². The van der Waals surface area contributed by atoms with Crippen LogP contribution in [0.5, 0.6) is 0 Å². The van der Waals surface area contributed by atoms with Gasteiger partial charge in [-0.25, -0.2) is 4.98 Å². The van der Waals surface area contributed by atoms with Crippen molar-refractivity contribution in [3.05, 3.63) is 82.4 Å². The molecule has 162 valence electrons. The Labute approximate surface area is 187 Å². The third kappa shape index (κ3) is 4.81. The molecule has 0 bridgehead atoms. The highest BCUT2D eigenvalue weighted by molar-refractivity contribution is 5.72. The van der Waals surface area contributed by atoms with Crippen LogP contribution in [-0.4, -0.2) is 14.8 Å². The Balaban J connectivity index is 1.70. The molecule has 3 heteroatoms. The quantitative estimate of drug-likeness (QED) is 0.419. The van der Waals surface area contributed by atoms with E-state index >= 15 is 0 Å². The number of benzene rings is 2. The van der Waals surface area contributed by atoms with Crippen LogP contribution in [0.25, 0.3) is 12.2 Å². The van der Waals surface area contributed by atoms with Crippen molar-refractivity contribution in [2.24, 2.45) is 0 Å². The summed E-state index contributed by atoms with van der Waals surface area (Å²) in [5.74, 6) is 0. The van der Waals surface area contributed by atoms with Gasteiger partial charge in [0.2, 0.25) is 0 Å². The summed E-state index contributed by atoms with van der Waals surface area (Å²) in [6.07, 6.45) is 12.5. The number of hydrogen-bond donors (Lipinski definition) is 0. The van der Waals surface area contributed by atoms with Gasteiger partial charge in [-0.1, -0.05) is 81.8 Å². The van der Waals surface area contributed by atoms with Crippen molar-refractivity contribution in [3.63, 3.8) is 0 Å². The van der Waals surface area contributed by atoms with E-state index in [2.05, 4.69) is 93.3 Å². The molecule has 4 rings (SSSR count). The van der Waals surface area contributed by atoms with Gasteiger partial charge in [0.05, 0.1) is 0 Å². The molecular formula is C28H35N3. The lowest BCUT2D eigenvalue weighted by molar-refractivity contribution is 0.331. The van der Waals surface area contributed by atoms with Crippen molar-refractivity contribution >= 4 is 12.2 Å². The first-order valence-corrected chi connectivity index (χ1v) is 11.5. The summed E-state index contributed by atoms with van der Waals surface area (Å²) in [6, 6.07) is 13.7. The SMILES string of the molecule is Cc1ccc(/C=C/c2cc3c(cc2CCCn2cncn2)C(C)(C)CCC3(C)C)cc1. The molecule has 0 atom stereocenters. The molecule has 1 aliphatic rings.